The Morgan fingerprint density at radius 1 is 1.26 bits per heavy atom. The van der Waals surface area contributed by atoms with E-state index >= 15 is 0 Å². The predicted molar refractivity (Wildman–Crippen MR) is 89.1 cm³/mol. The lowest BCUT2D eigenvalue weighted by Gasteiger charge is -2.09. The van der Waals surface area contributed by atoms with Gasteiger partial charge in [0.25, 0.3) is 0 Å². The van der Waals surface area contributed by atoms with E-state index in [9.17, 15) is 0 Å². The summed E-state index contributed by atoms with van der Waals surface area (Å²) in [5.41, 5.74) is 8.06. The normalized spacial score (nSPS) is 17.4. The molecule has 1 atom stereocenters. The lowest BCUT2D eigenvalue weighted by Crippen LogP contribution is -2.04. The number of rotatable bonds is 3. The van der Waals surface area contributed by atoms with Crippen LogP contribution in [0.1, 0.15) is 5.56 Å². The molecule has 0 aliphatic carbocycles. The zero-order valence-corrected chi connectivity index (χ0v) is 13.5. The standard InChI is InChI=1S/C15H14BrNS2/c16-13-8-11(17)5-6-15(13)18-9-12-7-10-3-1-2-4-14(10)19-12/h1-6,8,12H,7,9,17H2. The number of hydrogen-bond acceptors (Lipinski definition) is 3. The number of benzene rings is 2. The quantitative estimate of drug-likeness (QED) is 0.632. The lowest BCUT2D eigenvalue weighted by molar-refractivity contribution is 0.970. The van der Waals surface area contributed by atoms with Gasteiger partial charge in [-0.05, 0) is 52.2 Å². The van der Waals surface area contributed by atoms with E-state index in [1.165, 1.54) is 21.8 Å². The van der Waals surface area contributed by atoms with Crippen LogP contribution in [-0.2, 0) is 6.42 Å². The van der Waals surface area contributed by atoms with E-state index in [4.69, 9.17) is 5.73 Å². The first-order valence-electron chi connectivity index (χ1n) is 6.15. The molecule has 1 nitrogen and oxygen atoms in total. The van der Waals surface area contributed by atoms with Gasteiger partial charge >= 0.3 is 0 Å². The van der Waals surface area contributed by atoms with Crippen LogP contribution in [0.5, 0.6) is 0 Å². The Hall–Kier alpha value is -0.580. The van der Waals surface area contributed by atoms with Crippen molar-refractivity contribution in [1.29, 1.82) is 0 Å². The molecule has 1 unspecified atom stereocenters. The van der Waals surface area contributed by atoms with Crippen molar-refractivity contribution in [3.8, 4) is 0 Å². The molecular weight excluding hydrogens is 338 g/mol. The van der Waals surface area contributed by atoms with Crippen molar-refractivity contribution in [2.24, 2.45) is 0 Å². The largest absolute Gasteiger partial charge is 0.399 e. The highest BCUT2D eigenvalue weighted by Gasteiger charge is 2.21. The zero-order chi connectivity index (χ0) is 13.2. The number of fused-ring (bicyclic) bond motifs is 1. The van der Waals surface area contributed by atoms with Crippen LogP contribution in [0.15, 0.2) is 56.7 Å². The summed E-state index contributed by atoms with van der Waals surface area (Å²) in [6.45, 7) is 0. The van der Waals surface area contributed by atoms with Crippen LogP contribution in [0, 0.1) is 0 Å². The first-order chi connectivity index (χ1) is 9.22. The van der Waals surface area contributed by atoms with Gasteiger partial charge in [-0.15, -0.1) is 23.5 Å². The average Bonchev–Trinajstić information content (AvgIpc) is 2.80. The van der Waals surface area contributed by atoms with Crippen LogP contribution >= 0.6 is 39.5 Å². The Bertz CT molecular complexity index is 575. The Morgan fingerprint density at radius 2 is 2.11 bits per heavy atom. The maximum absolute atomic E-state index is 5.76. The molecule has 0 radical (unpaired) electrons. The fourth-order valence-corrected chi connectivity index (χ4v) is 5.31. The van der Waals surface area contributed by atoms with E-state index in [1.807, 2.05) is 35.7 Å². The SMILES string of the molecule is Nc1ccc(SCC2Cc3ccccc3S2)c(Br)c1. The molecule has 0 saturated carbocycles. The topological polar surface area (TPSA) is 26.0 Å². The zero-order valence-electron chi connectivity index (χ0n) is 10.3. The Labute approximate surface area is 130 Å². The van der Waals surface area contributed by atoms with E-state index in [-0.39, 0.29) is 0 Å². The second-order valence-corrected chi connectivity index (χ2v) is 7.81. The van der Waals surface area contributed by atoms with Gasteiger partial charge in [-0.3, -0.25) is 0 Å². The molecule has 1 aliphatic heterocycles. The summed E-state index contributed by atoms with van der Waals surface area (Å²) in [7, 11) is 0. The summed E-state index contributed by atoms with van der Waals surface area (Å²) in [6.07, 6.45) is 1.18. The summed E-state index contributed by atoms with van der Waals surface area (Å²) >= 11 is 7.48. The Balaban J connectivity index is 1.63. The number of hydrogen-bond donors (Lipinski definition) is 1. The maximum atomic E-state index is 5.76. The molecule has 0 aromatic heterocycles. The number of nitrogen functional groups attached to an aromatic ring is 1. The van der Waals surface area contributed by atoms with Gasteiger partial charge in [-0.1, -0.05) is 18.2 Å². The Morgan fingerprint density at radius 3 is 2.89 bits per heavy atom. The highest BCUT2D eigenvalue weighted by Crippen LogP contribution is 2.40. The molecule has 98 valence electrons. The van der Waals surface area contributed by atoms with Crippen molar-refractivity contribution in [2.45, 2.75) is 21.5 Å². The van der Waals surface area contributed by atoms with E-state index in [0.29, 0.717) is 5.25 Å². The van der Waals surface area contributed by atoms with Gasteiger partial charge in [0.2, 0.25) is 0 Å². The summed E-state index contributed by atoms with van der Waals surface area (Å²) in [6, 6.07) is 14.7. The summed E-state index contributed by atoms with van der Waals surface area (Å²) in [4.78, 5) is 2.72. The van der Waals surface area contributed by atoms with E-state index in [0.717, 1.165) is 15.9 Å². The van der Waals surface area contributed by atoms with Crippen LogP contribution in [0.3, 0.4) is 0 Å². The number of halogens is 1. The highest BCUT2D eigenvalue weighted by molar-refractivity contribution is 9.10. The fraction of sp³-hybridized carbons (Fsp3) is 0.200. The van der Waals surface area contributed by atoms with Crippen LogP contribution in [0.2, 0.25) is 0 Å². The molecule has 1 heterocycles. The molecule has 0 saturated heterocycles. The van der Waals surface area contributed by atoms with E-state index in [2.05, 4.69) is 46.3 Å². The van der Waals surface area contributed by atoms with Crippen molar-refractivity contribution in [2.75, 3.05) is 11.5 Å². The van der Waals surface area contributed by atoms with E-state index in [1.54, 1.807) is 0 Å². The fourth-order valence-electron chi connectivity index (χ4n) is 2.16. The minimum atomic E-state index is 0.673. The molecule has 0 spiro atoms. The molecule has 0 fully saturated rings. The van der Waals surface area contributed by atoms with Crippen LogP contribution in [-0.4, -0.2) is 11.0 Å². The second-order valence-electron chi connectivity index (χ2n) is 4.55. The molecule has 19 heavy (non-hydrogen) atoms. The average molecular weight is 352 g/mol. The summed E-state index contributed by atoms with van der Waals surface area (Å²) in [5, 5.41) is 0.673. The third-order valence-corrected chi connectivity index (χ3v) is 6.78. The van der Waals surface area contributed by atoms with Crippen molar-refractivity contribution < 1.29 is 0 Å². The highest BCUT2D eigenvalue weighted by atomic mass is 79.9. The molecule has 4 heteroatoms. The smallest absolute Gasteiger partial charge is 0.0331 e. The van der Waals surface area contributed by atoms with Gasteiger partial charge in [-0.25, -0.2) is 0 Å². The molecule has 2 N–H and O–H groups in total. The minimum Gasteiger partial charge on any atom is -0.399 e. The van der Waals surface area contributed by atoms with Crippen molar-refractivity contribution in [3.63, 3.8) is 0 Å². The lowest BCUT2D eigenvalue weighted by atomic mass is 10.1. The second kappa shape index (κ2) is 5.81. The third kappa shape index (κ3) is 3.12. The number of thioether (sulfide) groups is 2. The Kier molecular flexibility index (Phi) is 4.10. The third-order valence-electron chi connectivity index (χ3n) is 3.09. The summed E-state index contributed by atoms with van der Waals surface area (Å²) in [5.74, 6) is 1.13. The van der Waals surface area contributed by atoms with Gasteiger partial charge in [-0.2, -0.15) is 0 Å². The van der Waals surface area contributed by atoms with Crippen molar-refractivity contribution in [1.82, 2.24) is 0 Å². The van der Waals surface area contributed by atoms with Crippen LogP contribution < -0.4 is 5.73 Å². The van der Waals surface area contributed by atoms with Gasteiger partial charge in [0.05, 0.1) is 0 Å². The molecule has 0 amide bonds. The molecule has 2 aromatic rings. The number of anilines is 1. The molecule has 3 rings (SSSR count). The maximum Gasteiger partial charge on any atom is 0.0331 e. The monoisotopic (exact) mass is 351 g/mol. The minimum absolute atomic E-state index is 0.673. The van der Waals surface area contributed by atoms with Gasteiger partial charge in [0.15, 0.2) is 0 Å². The van der Waals surface area contributed by atoms with Crippen molar-refractivity contribution in [3.05, 3.63) is 52.5 Å². The van der Waals surface area contributed by atoms with Crippen molar-refractivity contribution >= 4 is 45.1 Å². The summed E-state index contributed by atoms with van der Waals surface area (Å²) < 4.78 is 1.10. The predicted octanol–water partition coefficient (Wildman–Crippen LogP) is 4.84. The van der Waals surface area contributed by atoms with Crippen LogP contribution in [0.25, 0.3) is 0 Å². The van der Waals surface area contributed by atoms with E-state index < -0.39 is 0 Å². The first-order valence-corrected chi connectivity index (χ1v) is 8.80. The van der Waals surface area contributed by atoms with Gasteiger partial charge in [0.1, 0.15) is 0 Å². The first kappa shape index (κ1) is 13.4. The molecule has 2 aromatic carbocycles. The van der Waals surface area contributed by atoms with Crippen LogP contribution in [0.4, 0.5) is 5.69 Å². The van der Waals surface area contributed by atoms with Gasteiger partial charge in [0, 0.05) is 31.0 Å². The van der Waals surface area contributed by atoms with Gasteiger partial charge < -0.3 is 5.73 Å². The molecule has 0 bridgehead atoms. The molecule has 1 aliphatic rings. The molecular formula is C15H14BrNS2. The number of nitrogens with two attached hydrogens (primary N) is 1.